The highest BCUT2D eigenvalue weighted by molar-refractivity contribution is 7.52. The fraction of sp³-hybridized carbons (Fsp3) is 0.632. The molecular formula is C19H29FNO6P. The summed E-state index contributed by atoms with van der Waals surface area (Å²) in [5, 5.41) is 2.59. The maximum atomic E-state index is 14.3. The zero-order chi connectivity index (χ0) is 20.9. The molecule has 0 radical (unpaired) electrons. The van der Waals surface area contributed by atoms with Crippen LogP contribution in [0.1, 0.15) is 41.0 Å². The molecule has 1 saturated heterocycles. The molecule has 1 unspecified atom stereocenters. The van der Waals surface area contributed by atoms with Crippen LogP contribution in [0.2, 0.25) is 0 Å². The highest BCUT2D eigenvalue weighted by Gasteiger charge is 2.44. The highest BCUT2D eigenvalue weighted by atomic mass is 31.2. The summed E-state index contributed by atoms with van der Waals surface area (Å²) in [6.45, 7) is 7.89. The van der Waals surface area contributed by atoms with Crippen LogP contribution in [0.25, 0.3) is 0 Å². The van der Waals surface area contributed by atoms with E-state index in [0.29, 0.717) is 5.75 Å². The molecule has 1 heterocycles. The fourth-order valence-electron chi connectivity index (χ4n) is 2.70. The van der Waals surface area contributed by atoms with E-state index in [9.17, 15) is 13.8 Å². The number of esters is 1. The van der Waals surface area contributed by atoms with Gasteiger partial charge in [0.15, 0.2) is 0 Å². The number of hydrogen-bond acceptors (Lipinski definition) is 6. The van der Waals surface area contributed by atoms with Crippen molar-refractivity contribution in [3.8, 4) is 5.75 Å². The summed E-state index contributed by atoms with van der Waals surface area (Å²) in [6, 6.07) is 7.50. The van der Waals surface area contributed by atoms with Gasteiger partial charge in [-0.3, -0.25) is 9.32 Å². The molecule has 0 aromatic heterocycles. The van der Waals surface area contributed by atoms with Crippen LogP contribution in [-0.4, -0.2) is 42.6 Å². The first kappa shape index (κ1) is 22.8. The van der Waals surface area contributed by atoms with Crippen molar-refractivity contribution in [2.45, 2.75) is 71.1 Å². The Kier molecular flexibility index (Phi) is 7.62. The predicted octanol–water partition coefficient (Wildman–Crippen LogP) is 4.03. The number of hydrogen-bond donors (Lipinski definition) is 1. The molecule has 1 fully saturated rings. The molecule has 0 bridgehead atoms. The normalized spacial score (nSPS) is 28.0. The lowest BCUT2D eigenvalue weighted by Crippen LogP contribution is -2.36. The minimum Gasteiger partial charge on any atom is -0.462 e. The molecule has 7 nitrogen and oxygen atoms in total. The van der Waals surface area contributed by atoms with Crippen LogP contribution >= 0.6 is 7.75 Å². The lowest BCUT2D eigenvalue weighted by molar-refractivity contribution is -0.149. The molecule has 158 valence electrons. The number of carbonyl (C=O) groups is 1. The Hall–Kier alpha value is -1.47. The topological polar surface area (TPSA) is 83.1 Å². The van der Waals surface area contributed by atoms with Gasteiger partial charge in [0.2, 0.25) is 0 Å². The molecule has 5 atom stereocenters. The molecule has 2 rings (SSSR count). The monoisotopic (exact) mass is 417 g/mol. The SMILES string of the molecule is CC(C)OC(=O)[C@@H](C)NP(=O)(OC[C@@H]1C[C@@](C)(F)[C@H](C)O1)Oc1ccccc1. The number of para-hydroxylation sites is 1. The Morgan fingerprint density at radius 1 is 1.36 bits per heavy atom. The van der Waals surface area contributed by atoms with Gasteiger partial charge in [0.05, 0.1) is 24.9 Å². The van der Waals surface area contributed by atoms with Gasteiger partial charge < -0.3 is 14.0 Å². The van der Waals surface area contributed by atoms with Crippen LogP contribution < -0.4 is 9.61 Å². The summed E-state index contributed by atoms with van der Waals surface area (Å²) in [5.41, 5.74) is -1.49. The van der Waals surface area contributed by atoms with E-state index < -0.39 is 37.6 Å². The average molecular weight is 417 g/mol. The van der Waals surface area contributed by atoms with Crippen LogP contribution in [0.5, 0.6) is 5.75 Å². The van der Waals surface area contributed by atoms with Crippen molar-refractivity contribution in [3.63, 3.8) is 0 Å². The Morgan fingerprint density at radius 3 is 2.54 bits per heavy atom. The third-order valence-electron chi connectivity index (χ3n) is 4.33. The van der Waals surface area contributed by atoms with Crippen molar-refractivity contribution in [2.75, 3.05) is 6.61 Å². The van der Waals surface area contributed by atoms with Gasteiger partial charge in [-0.2, -0.15) is 5.09 Å². The molecule has 28 heavy (non-hydrogen) atoms. The summed E-state index contributed by atoms with van der Waals surface area (Å²) in [7, 11) is -3.96. The molecule has 1 aromatic rings. The van der Waals surface area contributed by atoms with Crippen molar-refractivity contribution in [3.05, 3.63) is 30.3 Å². The second-order valence-electron chi connectivity index (χ2n) is 7.42. The Bertz CT molecular complexity index is 699. The van der Waals surface area contributed by atoms with Crippen molar-refractivity contribution < 1.29 is 32.3 Å². The van der Waals surface area contributed by atoms with Crippen LogP contribution in [0.3, 0.4) is 0 Å². The van der Waals surface area contributed by atoms with Gasteiger partial charge in [-0.05, 0) is 46.8 Å². The molecule has 0 saturated carbocycles. The second-order valence-corrected chi connectivity index (χ2v) is 9.11. The summed E-state index contributed by atoms with van der Waals surface area (Å²) in [6.07, 6.45) is -1.37. The van der Waals surface area contributed by atoms with E-state index in [1.807, 2.05) is 0 Å². The maximum Gasteiger partial charge on any atom is 0.459 e. The van der Waals surface area contributed by atoms with Gasteiger partial charge in [0.25, 0.3) is 0 Å². The van der Waals surface area contributed by atoms with Crippen molar-refractivity contribution in [1.29, 1.82) is 0 Å². The summed E-state index contributed by atoms with van der Waals surface area (Å²) in [5.74, 6) is -0.281. The highest BCUT2D eigenvalue weighted by Crippen LogP contribution is 2.46. The number of halogens is 1. The van der Waals surface area contributed by atoms with E-state index in [0.717, 1.165) is 0 Å². The van der Waals surface area contributed by atoms with Gasteiger partial charge in [0.1, 0.15) is 17.5 Å². The number of rotatable bonds is 9. The van der Waals surface area contributed by atoms with E-state index in [1.165, 1.54) is 13.8 Å². The number of benzene rings is 1. The quantitative estimate of drug-likeness (QED) is 0.480. The van der Waals surface area contributed by atoms with E-state index in [-0.39, 0.29) is 19.1 Å². The van der Waals surface area contributed by atoms with Crippen molar-refractivity contribution in [1.82, 2.24) is 5.09 Å². The summed E-state index contributed by atoms with van der Waals surface area (Å²) < 4.78 is 49.3. The zero-order valence-corrected chi connectivity index (χ0v) is 17.8. The van der Waals surface area contributed by atoms with E-state index in [1.54, 1.807) is 51.1 Å². The van der Waals surface area contributed by atoms with Gasteiger partial charge in [0, 0.05) is 6.42 Å². The minimum atomic E-state index is -3.96. The molecule has 0 amide bonds. The molecule has 1 N–H and O–H groups in total. The first-order valence-corrected chi connectivity index (χ1v) is 10.9. The first-order valence-electron chi connectivity index (χ1n) is 9.32. The van der Waals surface area contributed by atoms with Crippen LogP contribution in [-0.2, 0) is 23.4 Å². The molecular weight excluding hydrogens is 388 g/mol. The second kappa shape index (κ2) is 9.35. The lowest BCUT2D eigenvalue weighted by Gasteiger charge is -2.24. The third kappa shape index (κ3) is 6.55. The average Bonchev–Trinajstić information content (AvgIpc) is 2.86. The maximum absolute atomic E-state index is 14.3. The molecule has 1 aromatic carbocycles. The van der Waals surface area contributed by atoms with Gasteiger partial charge in [-0.25, -0.2) is 8.96 Å². The standard InChI is InChI=1S/C19H29FNO6P/c1-13(2)25-18(22)14(3)21-28(23,27-16-9-7-6-8-10-16)24-12-17-11-19(5,20)15(4)26-17/h6-10,13-15,17H,11-12H2,1-5H3,(H,21,23)/t14-,15+,17+,19-,28?/m1/s1. The zero-order valence-electron chi connectivity index (χ0n) is 16.9. The van der Waals surface area contributed by atoms with E-state index in [4.69, 9.17) is 18.5 Å². The smallest absolute Gasteiger partial charge is 0.459 e. The third-order valence-corrected chi connectivity index (χ3v) is 5.97. The molecule has 1 aliphatic heterocycles. The number of carbonyl (C=O) groups excluding carboxylic acids is 1. The lowest BCUT2D eigenvalue weighted by atomic mass is 10.00. The fourth-order valence-corrected chi connectivity index (χ4v) is 4.23. The Labute approximate surface area is 165 Å². The van der Waals surface area contributed by atoms with E-state index in [2.05, 4.69) is 5.09 Å². The Morgan fingerprint density at radius 2 is 2.00 bits per heavy atom. The van der Waals surface area contributed by atoms with Gasteiger partial charge in [-0.15, -0.1) is 0 Å². The van der Waals surface area contributed by atoms with Crippen LogP contribution in [0.4, 0.5) is 4.39 Å². The summed E-state index contributed by atoms with van der Waals surface area (Å²) in [4.78, 5) is 12.1. The predicted molar refractivity (Wildman–Crippen MR) is 103 cm³/mol. The number of nitrogens with one attached hydrogen (secondary N) is 1. The van der Waals surface area contributed by atoms with Crippen LogP contribution in [0, 0.1) is 0 Å². The molecule has 9 heteroatoms. The number of alkyl halides is 1. The van der Waals surface area contributed by atoms with Gasteiger partial charge >= 0.3 is 13.7 Å². The van der Waals surface area contributed by atoms with E-state index >= 15 is 0 Å². The molecule has 0 aliphatic carbocycles. The van der Waals surface area contributed by atoms with Crippen molar-refractivity contribution >= 4 is 13.7 Å². The molecule has 1 aliphatic rings. The summed E-state index contributed by atoms with van der Waals surface area (Å²) >= 11 is 0. The van der Waals surface area contributed by atoms with Gasteiger partial charge in [-0.1, -0.05) is 18.2 Å². The minimum absolute atomic E-state index is 0.116. The number of ether oxygens (including phenoxy) is 2. The van der Waals surface area contributed by atoms with Crippen LogP contribution in [0.15, 0.2) is 30.3 Å². The Balaban J connectivity index is 2.07. The first-order chi connectivity index (χ1) is 13.0. The molecule has 0 spiro atoms. The largest absolute Gasteiger partial charge is 0.462 e. The van der Waals surface area contributed by atoms with Crippen molar-refractivity contribution in [2.24, 2.45) is 0 Å².